The molecular formula is C22H40N6O7. The molecule has 0 saturated carbocycles. The summed E-state index contributed by atoms with van der Waals surface area (Å²) in [6.07, 6.45) is 0.337. The zero-order valence-electron chi connectivity index (χ0n) is 21.4. The number of carbonyl (C=O) groups is 6. The summed E-state index contributed by atoms with van der Waals surface area (Å²) in [4.78, 5) is 72.7. The zero-order chi connectivity index (χ0) is 27.5. The maximum atomic E-state index is 12.6. The minimum atomic E-state index is -1.22. The molecule has 0 radical (unpaired) electrons. The third kappa shape index (κ3) is 11.7. The first-order chi connectivity index (χ1) is 16.1. The molecule has 200 valence electrons. The van der Waals surface area contributed by atoms with Gasteiger partial charge in [-0.1, -0.05) is 27.7 Å². The Bertz CT molecular complexity index is 786. The second kappa shape index (κ2) is 14.9. The lowest BCUT2D eigenvalue weighted by molar-refractivity contribution is -0.142. The first kappa shape index (κ1) is 31.8. The quantitative estimate of drug-likeness (QED) is 0.145. The molecule has 0 fully saturated rings. The SMILES string of the molecule is CC(C)C[C@H](NC(=O)CN)C(=O)N[C@@H](C)C(=O)N[C@@H](C)C(=O)N[C@H](C(=O)N[C@@H](C)C(=O)O)C(C)C. The zero-order valence-corrected chi connectivity index (χ0v) is 21.4. The Morgan fingerprint density at radius 3 is 1.54 bits per heavy atom. The summed E-state index contributed by atoms with van der Waals surface area (Å²) >= 11 is 0. The Hall–Kier alpha value is -3.22. The number of nitrogens with one attached hydrogen (secondary N) is 5. The van der Waals surface area contributed by atoms with E-state index in [1.807, 2.05) is 13.8 Å². The van der Waals surface area contributed by atoms with Crippen LogP contribution in [0.15, 0.2) is 0 Å². The molecule has 0 saturated heterocycles. The smallest absolute Gasteiger partial charge is 0.325 e. The molecule has 0 aliphatic heterocycles. The van der Waals surface area contributed by atoms with Crippen LogP contribution in [0.1, 0.15) is 54.9 Å². The maximum absolute atomic E-state index is 12.6. The summed E-state index contributed by atoms with van der Waals surface area (Å²) in [6, 6.07) is -5.13. The van der Waals surface area contributed by atoms with Crippen LogP contribution in [0.2, 0.25) is 0 Å². The van der Waals surface area contributed by atoms with Gasteiger partial charge in [-0.05, 0) is 39.0 Å². The Morgan fingerprint density at radius 2 is 1.11 bits per heavy atom. The van der Waals surface area contributed by atoms with E-state index < -0.39 is 65.7 Å². The van der Waals surface area contributed by atoms with Crippen molar-refractivity contribution < 1.29 is 33.9 Å². The van der Waals surface area contributed by atoms with E-state index in [0.717, 1.165) is 0 Å². The Labute approximate surface area is 205 Å². The van der Waals surface area contributed by atoms with Crippen molar-refractivity contribution in [3.63, 3.8) is 0 Å². The van der Waals surface area contributed by atoms with Crippen LogP contribution in [0.3, 0.4) is 0 Å². The van der Waals surface area contributed by atoms with Crippen LogP contribution in [0.4, 0.5) is 0 Å². The highest BCUT2D eigenvalue weighted by Gasteiger charge is 2.30. The van der Waals surface area contributed by atoms with Crippen LogP contribution in [-0.4, -0.2) is 77.4 Å². The highest BCUT2D eigenvalue weighted by atomic mass is 16.4. The monoisotopic (exact) mass is 500 g/mol. The molecule has 0 bridgehead atoms. The molecule has 13 heteroatoms. The van der Waals surface area contributed by atoms with Gasteiger partial charge in [0.2, 0.25) is 29.5 Å². The Morgan fingerprint density at radius 1 is 0.657 bits per heavy atom. The van der Waals surface area contributed by atoms with E-state index in [2.05, 4.69) is 26.6 Å². The number of carbonyl (C=O) groups excluding carboxylic acids is 5. The van der Waals surface area contributed by atoms with E-state index in [4.69, 9.17) is 10.8 Å². The summed E-state index contributed by atoms with van der Waals surface area (Å²) in [7, 11) is 0. The number of hydrogen-bond acceptors (Lipinski definition) is 7. The molecule has 8 N–H and O–H groups in total. The first-order valence-corrected chi connectivity index (χ1v) is 11.5. The van der Waals surface area contributed by atoms with Gasteiger partial charge in [0.15, 0.2) is 0 Å². The minimum absolute atomic E-state index is 0.0845. The highest BCUT2D eigenvalue weighted by Crippen LogP contribution is 2.06. The number of nitrogens with two attached hydrogens (primary N) is 1. The third-order valence-corrected chi connectivity index (χ3v) is 5.02. The topological polar surface area (TPSA) is 209 Å². The van der Waals surface area contributed by atoms with Crippen LogP contribution in [0.25, 0.3) is 0 Å². The third-order valence-electron chi connectivity index (χ3n) is 5.02. The Balaban J connectivity index is 5.07. The molecule has 0 unspecified atom stereocenters. The van der Waals surface area contributed by atoms with Crippen LogP contribution < -0.4 is 32.3 Å². The number of aliphatic carboxylic acids is 1. The second-order valence-corrected chi connectivity index (χ2v) is 9.21. The summed E-state index contributed by atoms with van der Waals surface area (Å²) in [5, 5.41) is 21.3. The van der Waals surface area contributed by atoms with Crippen molar-refractivity contribution >= 4 is 35.5 Å². The summed E-state index contributed by atoms with van der Waals surface area (Å²) in [6.45, 7) is 10.9. The molecule has 0 aromatic carbocycles. The van der Waals surface area contributed by atoms with Gasteiger partial charge in [-0.3, -0.25) is 28.8 Å². The molecule has 13 nitrogen and oxygen atoms in total. The van der Waals surface area contributed by atoms with Crippen molar-refractivity contribution in [3.05, 3.63) is 0 Å². The van der Waals surface area contributed by atoms with Gasteiger partial charge < -0.3 is 37.4 Å². The number of hydrogen-bond donors (Lipinski definition) is 7. The van der Waals surface area contributed by atoms with Crippen LogP contribution in [0.5, 0.6) is 0 Å². The van der Waals surface area contributed by atoms with Crippen molar-refractivity contribution in [1.29, 1.82) is 0 Å². The van der Waals surface area contributed by atoms with E-state index in [0.29, 0.717) is 6.42 Å². The van der Waals surface area contributed by atoms with Gasteiger partial charge in [0, 0.05) is 0 Å². The van der Waals surface area contributed by atoms with Gasteiger partial charge >= 0.3 is 5.97 Å². The van der Waals surface area contributed by atoms with Crippen molar-refractivity contribution in [3.8, 4) is 0 Å². The van der Waals surface area contributed by atoms with Crippen molar-refractivity contribution in [2.24, 2.45) is 17.6 Å². The molecule has 5 amide bonds. The fourth-order valence-electron chi connectivity index (χ4n) is 2.92. The van der Waals surface area contributed by atoms with Crippen molar-refractivity contribution in [1.82, 2.24) is 26.6 Å². The molecular weight excluding hydrogens is 460 g/mol. The van der Waals surface area contributed by atoms with Gasteiger partial charge in [-0.2, -0.15) is 0 Å². The first-order valence-electron chi connectivity index (χ1n) is 11.5. The highest BCUT2D eigenvalue weighted by molar-refractivity contribution is 5.95. The number of carboxylic acids is 1. The summed E-state index contributed by atoms with van der Waals surface area (Å²) < 4.78 is 0. The van der Waals surface area contributed by atoms with Crippen molar-refractivity contribution in [2.45, 2.75) is 85.1 Å². The largest absolute Gasteiger partial charge is 0.480 e. The summed E-state index contributed by atoms with van der Waals surface area (Å²) in [5.74, 6) is -4.55. The van der Waals surface area contributed by atoms with E-state index in [1.165, 1.54) is 20.8 Å². The Kier molecular flexibility index (Phi) is 13.5. The van der Waals surface area contributed by atoms with Crippen LogP contribution in [-0.2, 0) is 28.8 Å². The molecule has 0 heterocycles. The lowest BCUT2D eigenvalue weighted by atomic mass is 10.0. The minimum Gasteiger partial charge on any atom is -0.480 e. The summed E-state index contributed by atoms with van der Waals surface area (Å²) in [5.41, 5.74) is 5.30. The number of carboxylic acid groups (broad SMARTS) is 1. The predicted molar refractivity (Wildman–Crippen MR) is 128 cm³/mol. The lowest BCUT2D eigenvalue weighted by Crippen LogP contribution is -2.58. The van der Waals surface area contributed by atoms with E-state index in [-0.39, 0.29) is 18.4 Å². The molecule has 5 atom stereocenters. The second-order valence-electron chi connectivity index (χ2n) is 9.21. The van der Waals surface area contributed by atoms with Crippen molar-refractivity contribution in [2.75, 3.05) is 6.54 Å². The fourth-order valence-corrected chi connectivity index (χ4v) is 2.92. The molecule has 0 aliphatic carbocycles. The molecule has 0 aromatic heterocycles. The van der Waals surface area contributed by atoms with Gasteiger partial charge in [0.05, 0.1) is 6.54 Å². The number of rotatable bonds is 14. The molecule has 0 spiro atoms. The molecule has 0 aromatic rings. The molecule has 35 heavy (non-hydrogen) atoms. The maximum Gasteiger partial charge on any atom is 0.325 e. The van der Waals surface area contributed by atoms with Gasteiger partial charge in [-0.15, -0.1) is 0 Å². The van der Waals surface area contributed by atoms with Crippen LogP contribution in [0, 0.1) is 11.8 Å². The van der Waals surface area contributed by atoms with Gasteiger partial charge in [0.1, 0.15) is 30.2 Å². The molecule has 0 rings (SSSR count). The van der Waals surface area contributed by atoms with E-state index in [9.17, 15) is 28.8 Å². The normalized spacial score (nSPS) is 15.3. The molecule has 0 aliphatic rings. The predicted octanol–water partition coefficient (Wildman–Crippen LogP) is -1.78. The lowest BCUT2D eigenvalue weighted by Gasteiger charge is -2.26. The van der Waals surface area contributed by atoms with Gasteiger partial charge in [-0.25, -0.2) is 0 Å². The average Bonchev–Trinajstić information content (AvgIpc) is 2.75. The van der Waals surface area contributed by atoms with E-state index >= 15 is 0 Å². The number of amides is 5. The van der Waals surface area contributed by atoms with Gasteiger partial charge in [0.25, 0.3) is 0 Å². The van der Waals surface area contributed by atoms with Crippen LogP contribution >= 0.6 is 0 Å². The standard InChI is InChI=1S/C22H40N6O7/c1-10(2)8-15(27-16(29)9-23)20(32)25-12(5)18(30)24-13(6)19(31)28-17(11(3)4)21(33)26-14(7)22(34)35/h10-15,17H,8-9,23H2,1-7H3,(H,24,30)(H,25,32)(H,26,33)(H,27,29)(H,28,31)(H,34,35)/t12-,13-,14-,15-,17-/m0/s1. The van der Waals surface area contributed by atoms with E-state index in [1.54, 1.807) is 13.8 Å². The fraction of sp³-hybridized carbons (Fsp3) is 0.727. The average molecular weight is 501 g/mol.